The number of hydrogen-bond donors (Lipinski definition) is 1. The molecule has 26 heavy (non-hydrogen) atoms. The smallest absolute Gasteiger partial charge is 0.246 e. The van der Waals surface area contributed by atoms with Crippen molar-refractivity contribution in [3.05, 3.63) is 41.2 Å². The number of sulfonamides is 1. The fourth-order valence-corrected chi connectivity index (χ4v) is 4.87. The molecule has 0 aliphatic carbocycles. The van der Waals surface area contributed by atoms with Crippen molar-refractivity contribution < 1.29 is 13.2 Å². The molecule has 0 spiro atoms. The van der Waals surface area contributed by atoms with Gasteiger partial charge in [0.2, 0.25) is 15.9 Å². The van der Waals surface area contributed by atoms with Crippen LogP contribution in [0.5, 0.6) is 0 Å². The number of benzene rings is 1. The van der Waals surface area contributed by atoms with E-state index in [2.05, 4.69) is 15.3 Å². The molecule has 1 aliphatic heterocycles. The van der Waals surface area contributed by atoms with Gasteiger partial charge in [0.05, 0.1) is 29.3 Å². The standard InChI is InChI=1S/C16H17N5O3S2/c1-26(23,24)21-7-6-12-14(8-21)25-16(18-12)19-15(22)9-20-10-17-11-4-2-3-5-13(11)20/h2-5,10H,6-9H2,1H3,(H,18,19,22). The van der Waals surface area contributed by atoms with E-state index in [9.17, 15) is 13.2 Å². The van der Waals surface area contributed by atoms with Gasteiger partial charge in [-0.2, -0.15) is 4.31 Å². The predicted molar refractivity (Wildman–Crippen MR) is 99.4 cm³/mol. The monoisotopic (exact) mass is 391 g/mol. The minimum atomic E-state index is -3.22. The van der Waals surface area contributed by atoms with Gasteiger partial charge in [-0.15, -0.1) is 11.3 Å². The van der Waals surface area contributed by atoms with Crippen LogP contribution >= 0.6 is 11.3 Å². The number of rotatable bonds is 4. The van der Waals surface area contributed by atoms with Crippen LogP contribution in [0.3, 0.4) is 0 Å². The first-order valence-electron chi connectivity index (χ1n) is 8.03. The Hall–Kier alpha value is -2.30. The molecule has 3 aromatic rings. The van der Waals surface area contributed by atoms with Crippen molar-refractivity contribution in [2.24, 2.45) is 0 Å². The zero-order valence-corrected chi connectivity index (χ0v) is 15.7. The lowest BCUT2D eigenvalue weighted by Gasteiger charge is -2.23. The zero-order chi connectivity index (χ0) is 18.3. The van der Waals surface area contributed by atoms with Gasteiger partial charge in [0, 0.05) is 24.4 Å². The molecule has 1 N–H and O–H groups in total. The second-order valence-electron chi connectivity index (χ2n) is 6.14. The van der Waals surface area contributed by atoms with E-state index >= 15 is 0 Å². The number of para-hydroxylation sites is 2. The van der Waals surface area contributed by atoms with Crippen LogP contribution in [0.1, 0.15) is 10.6 Å². The van der Waals surface area contributed by atoms with E-state index in [1.165, 1.54) is 21.9 Å². The number of amides is 1. The molecule has 1 aromatic carbocycles. The third-order valence-electron chi connectivity index (χ3n) is 4.25. The second kappa shape index (κ2) is 6.45. The van der Waals surface area contributed by atoms with Crippen LogP contribution in [0.15, 0.2) is 30.6 Å². The summed E-state index contributed by atoms with van der Waals surface area (Å²) in [6.07, 6.45) is 3.40. The van der Waals surface area contributed by atoms with Crippen LogP contribution in [-0.2, 0) is 34.3 Å². The molecule has 4 rings (SSSR count). The van der Waals surface area contributed by atoms with E-state index in [0.717, 1.165) is 21.6 Å². The largest absolute Gasteiger partial charge is 0.321 e. The fraction of sp³-hybridized carbons (Fsp3) is 0.312. The normalized spacial score (nSPS) is 15.1. The first-order valence-corrected chi connectivity index (χ1v) is 10.7. The molecule has 0 bridgehead atoms. The molecule has 136 valence electrons. The quantitative estimate of drug-likeness (QED) is 0.726. The van der Waals surface area contributed by atoms with Crippen LogP contribution in [-0.4, -0.2) is 46.0 Å². The second-order valence-corrected chi connectivity index (χ2v) is 9.21. The summed E-state index contributed by atoms with van der Waals surface area (Å²) in [5.74, 6) is -0.195. The Labute approximate surface area is 154 Å². The molecule has 10 heteroatoms. The molecule has 0 saturated carbocycles. The number of hydrogen-bond acceptors (Lipinski definition) is 6. The van der Waals surface area contributed by atoms with Crippen molar-refractivity contribution in [1.82, 2.24) is 18.8 Å². The SMILES string of the molecule is CS(=O)(=O)N1CCc2nc(NC(=O)Cn3cnc4ccccc43)sc2C1. The van der Waals surface area contributed by atoms with Gasteiger partial charge in [-0.3, -0.25) is 4.79 Å². The van der Waals surface area contributed by atoms with E-state index in [1.54, 1.807) is 10.9 Å². The molecule has 2 aromatic heterocycles. The average molecular weight is 391 g/mol. The number of carbonyl (C=O) groups is 1. The van der Waals surface area contributed by atoms with E-state index < -0.39 is 10.0 Å². The molecule has 0 atom stereocenters. The van der Waals surface area contributed by atoms with Gasteiger partial charge in [-0.05, 0) is 12.1 Å². The highest BCUT2D eigenvalue weighted by Gasteiger charge is 2.26. The number of nitrogens with zero attached hydrogens (tertiary/aromatic N) is 4. The molecule has 0 radical (unpaired) electrons. The van der Waals surface area contributed by atoms with Crippen molar-refractivity contribution in [2.75, 3.05) is 18.1 Å². The summed E-state index contributed by atoms with van der Waals surface area (Å²) in [4.78, 5) is 21.9. The predicted octanol–water partition coefficient (Wildman–Crippen LogP) is 1.45. The van der Waals surface area contributed by atoms with Gasteiger partial charge < -0.3 is 9.88 Å². The Balaban J connectivity index is 1.47. The summed E-state index contributed by atoms with van der Waals surface area (Å²) in [6.45, 7) is 0.873. The molecule has 1 amide bonds. The summed E-state index contributed by atoms with van der Waals surface area (Å²) in [6, 6.07) is 7.62. The number of imidazole rings is 1. The Morgan fingerprint density at radius 1 is 1.35 bits per heavy atom. The third kappa shape index (κ3) is 3.35. The zero-order valence-electron chi connectivity index (χ0n) is 14.0. The van der Waals surface area contributed by atoms with Gasteiger partial charge in [0.1, 0.15) is 6.54 Å². The van der Waals surface area contributed by atoms with E-state index in [0.29, 0.717) is 24.6 Å². The molecule has 8 nitrogen and oxygen atoms in total. The lowest BCUT2D eigenvalue weighted by molar-refractivity contribution is -0.116. The number of thiazole rings is 1. The van der Waals surface area contributed by atoms with E-state index in [4.69, 9.17) is 0 Å². The molecule has 3 heterocycles. The summed E-state index contributed by atoms with van der Waals surface area (Å²) in [5, 5.41) is 3.31. The van der Waals surface area contributed by atoms with Gasteiger partial charge in [0.15, 0.2) is 5.13 Å². The van der Waals surface area contributed by atoms with Crippen molar-refractivity contribution in [3.8, 4) is 0 Å². The van der Waals surface area contributed by atoms with Crippen LogP contribution in [0.2, 0.25) is 0 Å². The summed E-state index contributed by atoms with van der Waals surface area (Å²) >= 11 is 1.33. The van der Waals surface area contributed by atoms with Crippen LogP contribution in [0.4, 0.5) is 5.13 Å². The van der Waals surface area contributed by atoms with Gasteiger partial charge in [-0.1, -0.05) is 12.1 Å². The highest BCUT2D eigenvalue weighted by Crippen LogP contribution is 2.29. The maximum absolute atomic E-state index is 12.4. The maximum atomic E-state index is 12.4. The Morgan fingerprint density at radius 2 is 2.15 bits per heavy atom. The summed E-state index contributed by atoms with van der Waals surface area (Å²) in [7, 11) is -3.22. The number of anilines is 1. The fourth-order valence-electron chi connectivity index (χ4n) is 2.96. The van der Waals surface area contributed by atoms with Crippen LogP contribution < -0.4 is 5.32 Å². The van der Waals surface area contributed by atoms with E-state index in [1.807, 2.05) is 24.3 Å². The van der Waals surface area contributed by atoms with Crippen molar-refractivity contribution in [1.29, 1.82) is 0 Å². The maximum Gasteiger partial charge on any atom is 0.246 e. The van der Waals surface area contributed by atoms with Crippen LogP contribution in [0, 0.1) is 0 Å². The Bertz CT molecular complexity index is 1090. The molecular weight excluding hydrogens is 374 g/mol. The van der Waals surface area contributed by atoms with Crippen molar-refractivity contribution >= 4 is 43.4 Å². The van der Waals surface area contributed by atoms with Gasteiger partial charge in [0.25, 0.3) is 0 Å². The Morgan fingerprint density at radius 3 is 2.96 bits per heavy atom. The van der Waals surface area contributed by atoms with Gasteiger partial charge >= 0.3 is 0 Å². The van der Waals surface area contributed by atoms with Crippen molar-refractivity contribution in [2.45, 2.75) is 19.5 Å². The number of fused-ring (bicyclic) bond motifs is 2. The number of aromatic nitrogens is 3. The molecule has 0 saturated heterocycles. The lowest BCUT2D eigenvalue weighted by Crippen LogP contribution is -2.34. The summed E-state index contributed by atoms with van der Waals surface area (Å²) in [5.41, 5.74) is 2.59. The highest BCUT2D eigenvalue weighted by atomic mass is 32.2. The number of nitrogens with one attached hydrogen (secondary N) is 1. The minimum Gasteiger partial charge on any atom is -0.321 e. The Kier molecular flexibility index (Phi) is 4.25. The van der Waals surface area contributed by atoms with Crippen molar-refractivity contribution in [3.63, 3.8) is 0 Å². The van der Waals surface area contributed by atoms with Crippen LogP contribution in [0.25, 0.3) is 11.0 Å². The summed E-state index contributed by atoms with van der Waals surface area (Å²) < 4.78 is 26.6. The van der Waals surface area contributed by atoms with E-state index in [-0.39, 0.29) is 12.5 Å². The topological polar surface area (TPSA) is 97.2 Å². The molecule has 1 aliphatic rings. The number of carbonyl (C=O) groups excluding carboxylic acids is 1. The third-order valence-corrected chi connectivity index (χ3v) is 6.50. The molecular formula is C16H17N5O3S2. The minimum absolute atomic E-state index is 0.139. The molecule has 0 fully saturated rings. The molecule has 0 unspecified atom stereocenters. The average Bonchev–Trinajstić information content (AvgIpc) is 3.17. The highest BCUT2D eigenvalue weighted by molar-refractivity contribution is 7.88. The first kappa shape index (κ1) is 17.1. The van der Waals surface area contributed by atoms with Gasteiger partial charge in [-0.25, -0.2) is 18.4 Å². The first-order chi connectivity index (χ1) is 12.4. The lowest BCUT2D eigenvalue weighted by atomic mass is 10.2.